The van der Waals surface area contributed by atoms with Crippen molar-refractivity contribution in [2.24, 2.45) is 29.0 Å². The number of phenols is 1. The number of hydrogen-bond acceptors (Lipinski definition) is 15. The Morgan fingerprint density at radius 1 is 0.581 bits per heavy atom. The predicted octanol–water partition coefficient (Wildman–Crippen LogP) is -3.93. The van der Waals surface area contributed by atoms with E-state index in [4.69, 9.17) is 17.2 Å². The van der Waals surface area contributed by atoms with Crippen LogP contribution in [0.1, 0.15) is 91.8 Å². The van der Waals surface area contributed by atoms with E-state index in [0.717, 1.165) is 0 Å². The fraction of sp³-hybridized carbons (Fsp3) is 0.574. The minimum atomic E-state index is -1.62. The average molecular weight is 1040 g/mol. The van der Waals surface area contributed by atoms with Gasteiger partial charge in [0.05, 0.1) is 25.0 Å². The predicted molar refractivity (Wildman–Crippen MR) is 266 cm³/mol. The number of hydrogen-bond donors (Lipinski definition) is 15. The summed E-state index contributed by atoms with van der Waals surface area (Å²) >= 11 is 0. The molecule has 0 aliphatic carbocycles. The van der Waals surface area contributed by atoms with Crippen LogP contribution in [0.5, 0.6) is 5.75 Å². The molecule has 2 aromatic rings. The number of amides is 10. The highest BCUT2D eigenvalue weighted by Crippen LogP contribution is 2.13. The van der Waals surface area contributed by atoms with Crippen LogP contribution >= 0.6 is 0 Å². The second-order valence-electron chi connectivity index (χ2n) is 18.5. The van der Waals surface area contributed by atoms with Gasteiger partial charge in [0.1, 0.15) is 60.1 Å². The molecule has 1 aromatic carbocycles. The van der Waals surface area contributed by atoms with Gasteiger partial charge < -0.3 is 80.2 Å². The molecule has 18 N–H and O–H groups in total. The van der Waals surface area contributed by atoms with Gasteiger partial charge in [-0.25, -0.2) is 9.78 Å². The minimum absolute atomic E-state index is 0.0375. The zero-order valence-electron chi connectivity index (χ0n) is 42.7. The SMILES string of the molecule is CC(C)C[C@H](NC(=O)[C@H](C)NC(=O)[C@H](CC(N)=O)NC(=O)[C@H](C)NC(=O)[C@@H](NC(=O)CN)C(C)C)C(=O)N[C@@H](C)C(=O)N[C@@H](Cc1c[nH]cn1)C(=O)N[C@@H](CCCCN)C(=O)N[C@@H](Cc1ccc(O)cc1)C(=O)O. The number of nitrogens with two attached hydrogens (primary N) is 3. The first-order valence-electron chi connectivity index (χ1n) is 24.2. The van der Waals surface area contributed by atoms with Crippen LogP contribution < -0.4 is 65.1 Å². The summed E-state index contributed by atoms with van der Waals surface area (Å²) in [5, 5.41) is 41.9. The van der Waals surface area contributed by atoms with Gasteiger partial charge in [0.25, 0.3) is 0 Å². The molecule has 0 bridgehead atoms. The van der Waals surface area contributed by atoms with Crippen molar-refractivity contribution in [3.8, 4) is 5.75 Å². The van der Waals surface area contributed by atoms with Crippen molar-refractivity contribution in [3.63, 3.8) is 0 Å². The van der Waals surface area contributed by atoms with Crippen LogP contribution in [-0.4, -0.2) is 153 Å². The van der Waals surface area contributed by atoms with Crippen molar-refractivity contribution in [1.29, 1.82) is 0 Å². The smallest absolute Gasteiger partial charge is 0.326 e. The number of carbonyl (C=O) groups excluding carboxylic acids is 10. The van der Waals surface area contributed by atoms with E-state index in [2.05, 4.69) is 57.8 Å². The molecular formula is C47H74N14O13. The molecule has 27 nitrogen and oxygen atoms in total. The van der Waals surface area contributed by atoms with Gasteiger partial charge in [-0.2, -0.15) is 0 Å². The van der Waals surface area contributed by atoms with Crippen LogP contribution in [0.4, 0.5) is 0 Å². The number of aliphatic carboxylic acids is 1. The molecule has 0 unspecified atom stereocenters. The largest absolute Gasteiger partial charge is 0.508 e. The van der Waals surface area contributed by atoms with Gasteiger partial charge in [0, 0.05) is 19.0 Å². The van der Waals surface area contributed by atoms with Gasteiger partial charge in [-0.3, -0.25) is 47.9 Å². The number of H-pyrrole nitrogens is 1. The number of imidazole rings is 1. The fourth-order valence-electron chi connectivity index (χ4n) is 7.09. The number of aromatic hydroxyl groups is 1. The Morgan fingerprint density at radius 2 is 1.07 bits per heavy atom. The van der Waals surface area contributed by atoms with Gasteiger partial charge in [-0.15, -0.1) is 0 Å². The van der Waals surface area contributed by atoms with Crippen LogP contribution in [0.3, 0.4) is 0 Å². The third kappa shape index (κ3) is 22.0. The Morgan fingerprint density at radius 3 is 1.55 bits per heavy atom. The quantitative estimate of drug-likeness (QED) is 0.0311. The lowest BCUT2D eigenvalue weighted by atomic mass is 10.0. The number of carbonyl (C=O) groups is 11. The van der Waals surface area contributed by atoms with Crippen molar-refractivity contribution in [1.82, 2.24) is 57.8 Å². The number of aromatic amines is 1. The molecule has 0 saturated carbocycles. The summed E-state index contributed by atoms with van der Waals surface area (Å²) in [5.74, 6) is -10.5. The van der Waals surface area contributed by atoms with E-state index in [-0.39, 0.29) is 50.4 Å². The number of primary amides is 1. The van der Waals surface area contributed by atoms with Crippen molar-refractivity contribution < 1.29 is 63.0 Å². The number of nitrogens with one attached hydrogen (secondary N) is 10. The topological polar surface area (TPSA) is 443 Å². The van der Waals surface area contributed by atoms with Gasteiger partial charge >= 0.3 is 5.97 Å². The summed E-state index contributed by atoms with van der Waals surface area (Å²) in [5.41, 5.74) is 17.2. The normalized spacial score (nSPS) is 14.7. The monoisotopic (exact) mass is 1040 g/mol. The highest BCUT2D eigenvalue weighted by molar-refractivity contribution is 5.99. The first kappa shape index (κ1) is 62.4. The first-order valence-corrected chi connectivity index (χ1v) is 24.2. The molecule has 1 aromatic heterocycles. The summed E-state index contributed by atoms with van der Waals surface area (Å²) in [6.07, 6.45) is 2.68. The second-order valence-corrected chi connectivity index (χ2v) is 18.5. The summed E-state index contributed by atoms with van der Waals surface area (Å²) in [6.45, 7) is 10.6. The van der Waals surface area contributed by atoms with Gasteiger partial charge in [0.2, 0.25) is 59.1 Å². The summed E-state index contributed by atoms with van der Waals surface area (Å²) < 4.78 is 0. The van der Waals surface area contributed by atoms with Crippen LogP contribution in [0.15, 0.2) is 36.8 Å². The van der Waals surface area contributed by atoms with Crippen LogP contribution in [0.25, 0.3) is 0 Å². The molecule has 0 aliphatic heterocycles. The Labute approximate surface area is 428 Å². The van der Waals surface area contributed by atoms with Crippen LogP contribution in [-0.2, 0) is 65.6 Å². The Hall–Kier alpha value is -7.68. The van der Waals surface area contributed by atoms with E-state index >= 15 is 0 Å². The molecule has 10 amide bonds. The summed E-state index contributed by atoms with van der Waals surface area (Å²) in [6, 6.07) is -6.32. The number of aromatic nitrogens is 2. The molecule has 0 fully saturated rings. The second kappa shape index (κ2) is 31.0. The van der Waals surface area contributed by atoms with Crippen molar-refractivity contribution >= 4 is 65.0 Å². The number of unbranched alkanes of at least 4 members (excludes halogenated alkanes) is 1. The minimum Gasteiger partial charge on any atom is -0.508 e. The highest BCUT2D eigenvalue weighted by Gasteiger charge is 2.34. The molecule has 410 valence electrons. The molecule has 27 heteroatoms. The van der Waals surface area contributed by atoms with E-state index in [1.54, 1.807) is 27.7 Å². The molecule has 2 rings (SSSR count). The van der Waals surface area contributed by atoms with E-state index in [9.17, 15) is 63.0 Å². The first-order chi connectivity index (χ1) is 34.8. The zero-order valence-corrected chi connectivity index (χ0v) is 42.7. The number of nitrogens with zero attached hydrogens (tertiary/aromatic N) is 1. The molecular weight excluding hydrogens is 969 g/mol. The third-order valence-corrected chi connectivity index (χ3v) is 11.3. The Kier molecular flexibility index (Phi) is 26.2. The van der Waals surface area contributed by atoms with Crippen molar-refractivity contribution in [2.45, 2.75) is 148 Å². The molecule has 0 radical (unpaired) electrons. The Balaban J connectivity index is 2.21. The van der Waals surface area contributed by atoms with E-state index in [1.165, 1.54) is 57.6 Å². The van der Waals surface area contributed by atoms with E-state index in [0.29, 0.717) is 24.1 Å². The summed E-state index contributed by atoms with van der Waals surface area (Å²) in [4.78, 5) is 151. The molecule has 0 saturated heterocycles. The molecule has 74 heavy (non-hydrogen) atoms. The summed E-state index contributed by atoms with van der Waals surface area (Å²) in [7, 11) is 0. The van der Waals surface area contributed by atoms with Crippen molar-refractivity contribution in [2.75, 3.05) is 13.1 Å². The molecule has 0 spiro atoms. The lowest BCUT2D eigenvalue weighted by molar-refractivity contribution is -0.142. The standard InChI is InChI=1S/C47H74N14O13/c1-23(2)16-32(57-39(65)25(5)54-44(70)34(19-36(50)63)59-41(67)27(7)55-46(72)38(24(3)4)61-37(64)20-49)43(69)53-26(6)40(66)58-33(18-29-21-51-22-52-29)45(71)56-31(10-8-9-15-48)42(68)60-35(47(73)74)17-28-11-13-30(62)14-12-28/h11-14,21-27,31-35,38,62H,8-10,15-20,48-49H2,1-7H3,(H2,50,63)(H,51,52)(H,53,69)(H,54,70)(H,55,72)(H,56,71)(H,57,65)(H,58,66)(H,59,67)(H,60,68)(H,61,64)(H,73,74)/t25-,26-,27-,31-,32-,33-,34-,35-,38-/m0/s1. The van der Waals surface area contributed by atoms with Crippen LogP contribution in [0, 0.1) is 11.8 Å². The van der Waals surface area contributed by atoms with E-state index in [1.807, 2.05) is 0 Å². The Bertz CT molecular complexity index is 2240. The maximum absolute atomic E-state index is 14.0. The molecule has 9 atom stereocenters. The molecule has 0 aliphatic rings. The molecule has 1 heterocycles. The maximum Gasteiger partial charge on any atom is 0.326 e. The third-order valence-electron chi connectivity index (χ3n) is 11.3. The number of carboxylic acids is 1. The van der Waals surface area contributed by atoms with Gasteiger partial charge in [-0.1, -0.05) is 39.8 Å². The lowest BCUT2D eigenvalue weighted by Crippen LogP contribution is -2.60. The number of phenolic OH excluding ortho intramolecular Hbond substituents is 1. The van der Waals surface area contributed by atoms with Gasteiger partial charge in [0.15, 0.2) is 0 Å². The van der Waals surface area contributed by atoms with Crippen LogP contribution in [0.2, 0.25) is 0 Å². The number of rotatable bonds is 32. The fourth-order valence-corrected chi connectivity index (χ4v) is 7.09. The zero-order chi connectivity index (χ0) is 55.8. The maximum atomic E-state index is 14.0. The average Bonchev–Trinajstić information content (AvgIpc) is 3.85. The number of carboxylic acid groups (broad SMARTS) is 1. The number of benzene rings is 1. The van der Waals surface area contributed by atoms with E-state index < -0.39 is 132 Å². The van der Waals surface area contributed by atoms with Gasteiger partial charge in [-0.05, 0) is 82.5 Å². The lowest BCUT2D eigenvalue weighted by Gasteiger charge is -2.27. The highest BCUT2D eigenvalue weighted by atomic mass is 16.4. The van der Waals surface area contributed by atoms with Crippen molar-refractivity contribution in [3.05, 3.63) is 48.0 Å².